The molecule has 0 fully saturated rings. The van der Waals surface area contributed by atoms with Crippen molar-refractivity contribution in [1.29, 1.82) is 0 Å². The summed E-state index contributed by atoms with van der Waals surface area (Å²) in [6.45, 7) is 1.48. The standard InChI is InChI=1S/C22H19Cl2NO2S/c23-18-7-3-1-5-15(18)12-25-13-16-9-10-28-21(16)11-20(25)22(26)27-14-17-6-2-4-8-19(17)24/h1-10,20H,11-14H2. The van der Waals surface area contributed by atoms with Gasteiger partial charge >= 0.3 is 5.97 Å². The lowest BCUT2D eigenvalue weighted by Gasteiger charge is -2.34. The predicted octanol–water partition coefficient (Wildman–Crippen LogP) is 5.73. The summed E-state index contributed by atoms with van der Waals surface area (Å²) in [6, 6.07) is 17.0. The Labute approximate surface area is 178 Å². The molecule has 0 radical (unpaired) electrons. The monoisotopic (exact) mass is 431 g/mol. The fourth-order valence-corrected chi connectivity index (χ4v) is 4.75. The SMILES string of the molecule is O=C(OCc1ccccc1Cl)C1Cc2sccc2CN1Cc1ccccc1Cl. The van der Waals surface area contributed by atoms with Gasteiger partial charge in [0, 0.05) is 40.0 Å². The van der Waals surface area contributed by atoms with Gasteiger partial charge in [-0.1, -0.05) is 59.6 Å². The quantitative estimate of drug-likeness (QED) is 0.483. The van der Waals surface area contributed by atoms with Crippen LogP contribution in [0.1, 0.15) is 21.6 Å². The first-order chi connectivity index (χ1) is 13.6. The lowest BCUT2D eigenvalue weighted by atomic mass is 10.0. The molecule has 28 heavy (non-hydrogen) atoms. The first kappa shape index (κ1) is 19.5. The summed E-state index contributed by atoms with van der Waals surface area (Å²) in [4.78, 5) is 16.4. The van der Waals surface area contributed by atoms with Crippen LogP contribution >= 0.6 is 34.5 Å². The second-order valence-electron chi connectivity index (χ2n) is 6.78. The minimum Gasteiger partial charge on any atom is -0.460 e. The van der Waals surface area contributed by atoms with Crippen molar-refractivity contribution in [3.05, 3.63) is 91.6 Å². The molecule has 0 saturated heterocycles. The van der Waals surface area contributed by atoms with E-state index in [4.69, 9.17) is 27.9 Å². The molecule has 0 aliphatic carbocycles. The molecule has 0 N–H and O–H groups in total. The Morgan fingerprint density at radius 3 is 2.43 bits per heavy atom. The van der Waals surface area contributed by atoms with Crippen LogP contribution in [0.15, 0.2) is 60.0 Å². The van der Waals surface area contributed by atoms with Crippen LogP contribution in [-0.2, 0) is 35.6 Å². The van der Waals surface area contributed by atoms with Gasteiger partial charge in [-0.3, -0.25) is 9.69 Å². The Morgan fingerprint density at radius 2 is 1.71 bits per heavy atom. The zero-order valence-corrected chi connectivity index (χ0v) is 17.4. The van der Waals surface area contributed by atoms with Crippen LogP contribution in [0.25, 0.3) is 0 Å². The van der Waals surface area contributed by atoms with E-state index >= 15 is 0 Å². The highest BCUT2D eigenvalue weighted by Crippen LogP contribution is 2.31. The van der Waals surface area contributed by atoms with Crippen LogP contribution in [0.4, 0.5) is 0 Å². The molecule has 0 amide bonds. The Hall–Kier alpha value is -1.85. The fourth-order valence-electron chi connectivity index (χ4n) is 3.43. The van der Waals surface area contributed by atoms with Crippen LogP contribution < -0.4 is 0 Å². The number of carbonyl (C=O) groups excluding carboxylic acids is 1. The summed E-state index contributed by atoms with van der Waals surface area (Å²) in [5, 5.41) is 3.39. The van der Waals surface area contributed by atoms with Crippen LogP contribution in [0, 0.1) is 0 Å². The van der Waals surface area contributed by atoms with E-state index in [1.807, 2.05) is 42.5 Å². The van der Waals surface area contributed by atoms with Crippen LogP contribution in [0.5, 0.6) is 0 Å². The van der Waals surface area contributed by atoms with E-state index in [1.54, 1.807) is 17.4 Å². The molecule has 2 heterocycles. The summed E-state index contributed by atoms with van der Waals surface area (Å²) in [6.07, 6.45) is 0.652. The van der Waals surface area contributed by atoms with Gasteiger partial charge in [-0.05, 0) is 34.7 Å². The fraction of sp³-hybridized carbons (Fsp3) is 0.227. The first-order valence-electron chi connectivity index (χ1n) is 9.04. The number of hydrogen-bond donors (Lipinski definition) is 0. The molecular formula is C22H19Cl2NO2S. The van der Waals surface area contributed by atoms with Crippen molar-refractivity contribution in [3.8, 4) is 0 Å². The van der Waals surface area contributed by atoms with E-state index in [2.05, 4.69) is 16.3 Å². The van der Waals surface area contributed by atoms with E-state index in [0.717, 1.165) is 11.1 Å². The van der Waals surface area contributed by atoms with E-state index in [0.29, 0.717) is 29.6 Å². The summed E-state index contributed by atoms with van der Waals surface area (Å²) < 4.78 is 5.64. The number of ether oxygens (including phenoxy) is 1. The third-order valence-corrected chi connectivity index (χ3v) is 6.68. The van der Waals surface area contributed by atoms with E-state index in [1.165, 1.54) is 10.4 Å². The van der Waals surface area contributed by atoms with Crippen molar-refractivity contribution in [3.63, 3.8) is 0 Å². The topological polar surface area (TPSA) is 29.5 Å². The highest BCUT2D eigenvalue weighted by molar-refractivity contribution is 7.10. The number of esters is 1. The average Bonchev–Trinajstić information content (AvgIpc) is 3.16. The number of benzene rings is 2. The van der Waals surface area contributed by atoms with Gasteiger partial charge in [0.2, 0.25) is 0 Å². The zero-order chi connectivity index (χ0) is 19.5. The highest BCUT2D eigenvalue weighted by atomic mass is 35.5. The highest BCUT2D eigenvalue weighted by Gasteiger charge is 2.33. The third kappa shape index (κ3) is 4.26. The van der Waals surface area contributed by atoms with Crippen molar-refractivity contribution >= 4 is 40.5 Å². The number of rotatable bonds is 5. The smallest absolute Gasteiger partial charge is 0.324 e. The van der Waals surface area contributed by atoms with Gasteiger partial charge in [-0.15, -0.1) is 11.3 Å². The maximum atomic E-state index is 13.0. The Bertz CT molecular complexity index is 988. The molecule has 0 saturated carbocycles. The van der Waals surface area contributed by atoms with Crippen molar-refractivity contribution in [2.75, 3.05) is 0 Å². The second kappa shape index (κ2) is 8.66. The number of thiophene rings is 1. The molecule has 144 valence electrons. The van der Waals surface area contributed by atoms with Gasteiger partial charge in [-0.2, -0.15) is 0 Å². The maximum Gasteiger partial charge on any atom is 0.324 e. The van der Waals surface area contributed by atoms with Gasteiger partial charge in [0.1, 0.15) is 12.6 Å². The minimum atomic E-state index is -0.343. The summed E-state index contributed by atoms with van der Waals surface area (Å²) >= 11 is 14.2. The van der Waals surface area contributed by atoms with Crippen LogP contribution in [-0.4, -0.2) is 16.9 Å². The molecule has 1 aliphatic heterocycles. The van der Waals surface area contributed by atoms with E-state index < -0.39 is 0 Å². The number of fused-ring (bicyclic) bond motifs is 1. The predicted molar refractivity (Wildman–Crippen MR) is 114 cm³/mol. The molecule has 3 aromatic rings. The van der Waals surface area contributed by atoms with Gasteiger partial charge < -0.3 is 4.74 Å². The van der Waals surface area contributed by atoms with E-state index in [-0.39, 0.29) is 18.6 Å². The van der Waals surface area contributed by atoms with Gasteiger partial charge in [0.05, 0.1) is 0 Å². The average molecular weight is 432 g/mol. The summed E-state index contributed by atoms with van der Waals surface area (Å²) in [5.41, 5.74) is 3.08. The number of hydrogen-bond acceptors (Lipinski definition) is 4. The summed E-state index contributed by atoms with van der Waals surface area (Å²) in [5.74, 6) is -0.231. The molecule has 2 aromatic carbocycles. The number of carbonyl (C=O) groups is 1. The van der Waals surface area contributed by atoms with Crippen molar-refractivity contribution in [1.82, 2.24) is 4.90 Å². The van der Waals surface area contributed by atoms with E-state index in [9.17, 15) is 4.79 Å². The minimum absolute atomic E-state index is 0.173. The maximum absolute atomic E-state index is 13.0. The molecule has 0 spiro atoms. The molecule has 0 bridgehead atoms. The Balaban J connectivity index is 1.52. The molecule has 6 heteroatoms. The molecule has 1 unspecified atom stereocenters. The van der Waals surface area contributed by atoms with Crippen molar-refractivity contribution < 1.29 is 9.53 Å². The molecule has 1 atom stereocenters. The molecule has 4 rings (SSSR count). The van der Waals surface area contributed by atoms with Gasteiger partial charge in [0.15, 0.2) is 0 Å². The molecule has 3 nitrogen and oxygen atoms in total. The number of nitrogens with zero attached hydrogens (tertiary/aromatic N) is 1. The summed E-state index contributed by atoms with van der Waals surface area (Å²) in [7, 11) is 0. The van der Waals surface area contributed by atoms with Crippen molar-refractivity contribution in [2.24, 2.45) is 0 Å². The molecule has 1 aliphatic rings. The normalized spacial score (nSPS) is 16.6. The van der Waals surface area contributed by atoms with Gasteiger partial charge in [-0.25, -0.2) is 0 Å². The third-order valence-electron chi connectivity index (χ3n) is 4.96. The first-order valence-corrected chi connectivity index (χ1v) is 10.7. The Kier molecular flexibility index (Phi) is 6.02. The van der Waals surface area contributed by atoms with Gasteiger partial charge in [0.25, 0.3) is 0 Å². The lowest BCUT2D eigenvalue weighted by Crippen LogP contribution is -2.45. The molecular weight excluding hydrogens is 413 g/mol. The van der Waals surface area contributed by atoms with Crippen LogP contribution in [0.2, 0.25) is 10.0 Å². The van der Waals surface area contributed by atoms with Crippen LogP contribution in [0.3, 0.4) is 0 Å². The molecule has 1 aromatic heterocycles. The Morgan fingerprint density at radius 1 is 1.04 bits per heavy atom. The lowest BCUT2D eigenvalue weighted by molar-refractivity contribution is -0.152. The second-order valence-corrected chi connectivity index (χ2v) is 8.60. The number of halogens is 2. The van der Waals surface area contributed by atoms with Crippen molar-refractivity contribution in [2.45, 2.75) is 32.2 Å². The zero-order valence-electron chi connectivity index (χ0n) is 15.1. The largest absolute Gasteiger partial charge is 0.460 e.